The zero-order valence-electron chi connectivity index (χ0n) is 22.2. The molecule has 6 N–H and O–H groups in total. The van der Waals surface area contributed by atoms with Gasteiger partial charge in [0, 0.05) is 20.1 Å². The highest BCUT2D eigenvalue weighted by atomic mass is 16.7. The van der Waals surface area contributed by atoms with E-state index in [2.05, 4.69) is 0 Å². The predicted molar refractivity (Wildman–Crippen MR) is 129 cm³/mol. The molecule has 2 aliphatic carbocycles. The molecule has 5 fully saturated rings. The molecule has 0 aromatic carbocycles. The van der Waals surface area contributed by atoms with E-state index in [9.17, 15) is 30.6 Å². The first-order chi connectivity index (χ1) is 18.2. The van der Waals surface area contributed by atoms with Gasteiger partial charge in [-0.2, -0.15) is 0 Å². The van der Waals surface area contributed by atoms with E-state index in [4.69, 9.17) is 28.4 Å². The van der Waals surface area contributed by atoms with Crippen molar-refractivity contribution in [3.05, 3.63) is 0 Å². The zero-order valence-corrected chi connectivity index (χ0v) is 22.2. The topological polar surface area (TPSA) is 177 Å². The first-order valence-electron chi connectivity index (χ1n) is 13.8. The number of hydrogen-bond donors (Lipinski definition) is 6. The van der Waals surface area contributed by atoms with Gasteiger partial charge in [-0.15, -0.1) is 0 Å². The molecule has 2 saturated carbocycles. The summed E-state index contributed by atoms with van der Waals surface area (Å²) in [6, 6.07) is 0. The molecule has 10 unspecified atom stereocenters. The molecule has 15 atom stereocenters. The molecule has 3 saturated heterocycles. The van der Waals surface area contributed by atoms with Crippen LogP contribution in [0.3, 0.4) is 0 Å². The van der Waals surface area contributed by atoms with Crippen molar-refractivity contribution in [2.75, 3.05) is 20.8 Å². The average molecular weight is 549 g/mol. The van der Waals surface area contributed by atoms with Crippen molar-refractivity contribution in [3.8, 4) is 0 Å². The quantitative estimate of drug-likeness (QED) is 0.222. The minimum absolute atomic E-state index is 0.0497. The summed E-state index contributed by atoms with van der Waals surface area (Å²) in [5.74, 6) is -0.271. The van der Waals surface area contributed by atoms with Crippen LogP contribution in [0.25, 0.3) is 0 Å². The Labute approximate surface area is 222 Å². The maximum Gasteiger partial charge on any atom is 0.187 e. The smallest absolute Gasteiger partial charge is 0.187 e. The van der Waals surface area contributed by atoms with Crippen molar-refractivity contribution >= 4 is 0 Å². The Morgan fingerprint density at radius 2 is 1.37 bits per heavy atom. The van der Waals surface area contributed by atoms with Crippen molar-refractivity contribution in [3.63, 3.8) is 0 Å². The number of hydrogen-bond acceptors (Lipinski definition) is 12. The van der Waals surface area contributed by atoms with Gasteiger partial charge in [-0.25, -0.2) is 0 Å². The summed E-state index contributed by atoms with van der Waals surface area (Å²) in [5, 5.41) is 62.5. The molecule has 220 valence electrons. The maximum atomic E-state index is 10.8. The summed E-state index contributed by atoms with van der Waals surface area (Å²) in [4.78, 5) is 0. The van der Waals surface area contributed by atoms with Gasteiger partial charge in [-0.3, -0.25) is 0 Å². The van der Waals surface area contributed by atoms with E-state index in [0.29, 0.717) is 32.1 Å². The van der Waals surface area contributed by atoms with Crippen LogP contribution >= 0.6 is 0 Å². The Morgan fingerprint density at radius 1 is 0.737 bits per heavy atom. The molecule has 3 aliphatic heterocycles. The molecule has 0 amide bonds. The van der Waals surface area contributed by atoms with Gasteiger partial charge >= 0.3 is 0 Å². The van der Waals surface area contributed by atoms with E-state index in [0.717, 1.165) is 0 Å². The SMILES string of the molecule is COC1CC(C2OC3CC(O)CC4OC(C)CC(C2O[C@@H]2O[C@H](CO)[C@@H](O)[C@H](O)[C@H]2O)C43)CC(OC)C1O. The lowest BCUT2D eigenvalue weighted by atomic mass is 9.64. The number of methoxy groups -OCH3 is 2. The van der Waals surface area contributed by atoms with Crippen LogP contribution in [0.1, 0.15) is 39.0 Å². The summed E-state index contributed by atoms with van der Waals surface area (Å²) in [7, 11) is 3.09. The second-order valence-electron chi connectivity index (χ2n) is 11.8. The summed E-state index contributed by atoms with van der Waals surface area (Å²) < 4.78 is 36.4. The Morgan fingerprint density at radius 3 is 1.97 bits per heavy atom. The fraction of sp³-hybridized carbons (Fsp3) is 1.00. The van der Waals surface area contributed by atoms with Crippen LogP contribution in [0, 0.1) is 17.8 Å². The summed E-state index contributed by atoms with van der Waals surface area (Å²) in [6.45, 7) is 1.43. The standard InChI is InChI=1S/C26H44O12/c1-10-4-13-19-14(35-10)7-12(28)8-15(19)36-24(11-5-16(33-2)20(29)17(6-11)34-3)25(13)38-26-23(32)22(31)21(30)18(9-27)37-26/h10-32H,4-9H2,1-3H3/t10?,11?,12?,13?,14?,15?,16?,17?,18-,19?,20?,21-,22+,23-,24?,25?,26+/m1/s1. The van der Waals surface area contributed by atoms with E-state index in [-0.39, 0.29) is 36.1 Å². The summed E-state index contributed by atoms with van der Waals surface area (Å²) in [5.41, 5.74) is 0. The van der Waals surface area contributed by atoms with E-state index in [1.165, 1.54) is 0 Å². The van der Waals surface area contributed by atoms with Crippen LogP contribution < -0.4 is 0 Å². The Bertz CT molecular complexity index is 769. The lowest BCUT2D eigenvalue weighted by Gasteiger charge is -2.58. The summed E-state index contributed by atoms with van der Waals surface area (Å²) >= 11 is 0. The highest BCUT2D eigenvalue weighted by Gasteiger charge is 2.59. The minimum Gasteiger partial charge on any atom is -0.394 e. The zero-order chi connectivity index (χ0) is 27.3. The van der Waals surface area contributed by atoms with Gasteiger partial charge in [0.1, 0.15) is 30.5 Å². The van der Waals surface area contributed by atoms with Gasteiger partial charge in [-0.05, 0) is 50.9 Å². The molecule has 0 radical (unpaired) electrons. The molecule has 5 aliphatic rings. The van der Waals surface area contributed by atoms with Gasteiger partial charge in [0.15, 0.2) is 6.29 Å². The van der Waals surface area contributed by atoms with Crippen LogP contribution in [-0.4, -0.2) is 137 Å². The van der Waals surface area contributed by atoms with Crippen LogP contribution in [0.2, 0.25) is 0 Å². The maximum absolute atomic E-state index is 10.8. The fourth-order valence-electron chi connectivity index (χ4n) is 7.64. The van der Waals surface area contributed by atoms with E-state index >= 15 is 0 Å². The van der Waals surface area contributed by atoms with Crippen molar-refractivity contribution < 1.29 is 59.1 Å². The minimum atomic E-state index is -1.56. The molecular weight excluding hydrogens is 504 g/mol. The Hall–Kier alpha value is -0.480. The predicted octanol–water partition coefficient (Wildman–Crippen LogP) is -1.70. The average Bonchev–Trinajstić information content (AvgIpc) is 2.89. The molecule has 3 heterocycles. The van der Waals surface area contributed by atoms with Crippen LogP contribution in [0.5, 0.6) is 0 Å². The van der Waals surface area contributed by atoms with E-state index < -0.39 is 73.9 Å². The second-order valence-corrected chi connectivity index (χ2v) is 11.8. The summed E-state index contributed by atoms with van der Waals surface area (Å²) in [6.07, 6.45) is -8.43. The lowest BCUT2D eigenvalue weighted by Crippen LogP contribution is -2.66. The third-order valence-electron chi connectivity index (χ3n) is 9.49. The van der Waals surface area contributed by atoms with Gasteiger partial charge in [0.05, 0.1) is 55.4 Å². The van der Waals surface area contributed by atoms with E-state index in [1.54, 1.807) is 14.2 Å². The van der Waals surface area contributed by atoms with E-state index in [1.807, 2.05) is 6.92 Å². The Balaban J connectivity index is 1.47. The Kier molecular flexibility index (Phi) is 9.00. The van der Waals surface area contributed by atoms with Gasteiger partial charge in [0.2, 0.25) is 0 Å². The van der Waals surface area contributed by atoms with Crippen molar-refractivity contribution in [1.82, 2.24) is 0 Å². The van der Waals surface area contributed by atoms with Gasteiger partial charge < -0.3 is 59.1 Å². The molecule has 0 spiro atoms. The molecule has 0 aromatic heterocycles. The first-order valence-corrected chi connectivity index (χ1v) is 13.8. The first kappa shape index (κ1) is 29.0. The monoisotopic (exact) mass is 548 g/mol. The van der Waals surface area contributed by atoms with Crippen molar-refractivity contribution in [2.45, 2.75) is 125 Å². The molecule has 5 rings (SSSR count). The number of ether oxygens (including phenoxy) is 6. The lowest BCUT2D eigenvalue weighted by molar-refractivity contribution is -0.351. The van der Waals surface area contributed by atoms with Crippen LogP contribution in [0.15, 0.2) is 0 Å². The molecule has 0 bridgehead atoms. The molecular formula is C26H44O12. The normalized spacial score (nSPS) is 55.3. The number of aliphatic hydroxyl groups is 6. The molecule has 12 heteroatoms. The van der Waals surface area contributed by atoms with Crippen molar-refractivity contribution in [1.29, 1.82) is 0 Å². The fourth-order valence-corrected chi connectivity index (χ4v) is 7.64. The highest BCUT2D eigenvalue weighted by Crippen LogP contribution is 2.51. The third-order valence-corrected chi connectivity index (χ3v) is 9.49. The third kappa shape index (κ3) is 5.28. The van der Waals surface area contributed by atoms with Crippen LogP contribution in [-0.2, 0) is 28.4 Å². The number of aliphatic hydroxyl groups excluding tert-OH is 6. The largest absolute Gasteiger partial charge is 0.394 e. The molecule has 38 heavy (non-hydrogen) atoms. The van der Waals surface area contributed by atoms with Crippen LogP contribution in [0.4, 0.5) is 0 Å². The second kappa shape index (κ2) is 11.8. The number of rotatable bonds is 6. The molecule has 0 aromatic rings. The molecule has 12 nitrogen and oxygen atoms in total. The van der Waals surface area contributed by atoms with Crippen molar-refractivity contribution in [2.24, 2.45) is 17.8 Å². The van der Waals surface area contributed by atoms with Gasteiger partial charge in [-0.1, -0.05) is 0 Å². The van der Waals surface area contributed by atoms with Gasteiger partial charge in [0.25, 0.3) is 0 Å². The highest BCUT2D eigenvalue weighted by molar-refractivity contribution is 5.06.